The zero-order chi connectivity index (χ0) is 20.0. The lowest BCUT2D eigenvalue weighted by atomic mass is 9.99. The second-order valence-corrected chi connectivity index (χ2v) is 9.46. The summed E-state index contributed by atoms with van der Waals surface area (Å²) in [5.41, 5.74) is 0.684. The third-order valence-electron chi connectivity index (χ3n) is 5.39. The summed E-state index contributed by atoms with van der Waals surface area (Å²) in [7, 11) is 1.02. The van der Waals surface area contributed by atoms with E-state index < -0.39 is 15.7 Å². The first-order valence-corrected chi connectivity index (χ1v) is 10.4. The van der Waals surface area contributed by atoms with Crippen LogP contribution in [0.2, 0.25) is 0 Å². The summed E-state index contributed by atoms with van der Waals surface area (Å²) >= 11 is 0. The van der Waals surface area contributed by atoms with Gasteiger partial charge in [0.15, 0.2) is 5.82 Å². The van der Waals surface area contributed by atoms with Crippen molar-refractivity contribution in [2.75, 3.05) is 45.8 Å². The van der Waals surface area contributed by atoms with Crippen molar-refractivity contribution in [3.05, 3.63) is 17.1 Å². The zero-order valence-electron chi connectivity index (χ0n) is 16.5. The van der Waals surface area contributed by atoms with Crippen LogP contribution in [-0.2, 0) is 31.7 Å². The van der Waals surface area contributed by atoms with Crippen molar-refractivity contribution in [2.24, 2.45) is 0 Å². The summed E-state index contributed by atoms with van der Waals surface area (Å²) in [6.07, 6.45) is 1.63. The maximum atomic E-state index is 12.8. The highest BCUT2D eigenvalue weighted by Crippen LogP contribution is 2.41. The Morgan fingerprint density at radius 1 is 1.30 bits per heavy atom. The number of rotatable bonds is 6. The molecule has 1 aromatic rings. The van der Waals surface area contributed by atoms with E-state index >= 15 is 0 Å². The molecule has 0 unspecified atom stereocenters. The number of fused-ring (bicyclic) bond motifs is 1. The Balaban J connectivity index is 2.07. The molecule has 0 bridgehead atoms. The van der Waals surface area contributed by atoms with Crippen LogP contribution in [0.1, 0.15) is 36.8 Å². The Bertz CT molecular complexity index is 857. The fourth-order valence-corrected chi connectivity index (χ4v) is 5.19. The molecule has 1 fully saturated rings. The molecule has 9 nitrogen and oxygen atoms in total. The maximum Gasteiger partial charge on any atom is 0.282 e. The second-order valence-electron chi connectivity index (χ2n) is 7.39. The first kappa shape index (κ1) is 20.1. The molecular formula is C17H27N5O4S. The van der Waals surface area contributed by atoms with Gasteiger partial charge in [-0.25, -0.2) is 9.97 Å². The minimum absolute atomic E-state index is 0.0362. The van der Waals surface area contributed by atoms with Crippen molar-refractivity contribution >= 4 is 21.9 Å². The SMILES string of the molecule is COCCN1C(=O)Cc2c(C)nc([C@]3(C)CCCN3S(=O)(=O)N(C)C)nc21. The number of hydrogen-bond donors (Lipinski definition) is 0. The van der Waals surface area contributed by atoms with Gasteiger partial charge in [-0.05, 0) is 26.7 Å². The molecular weight excluding hydrogens is 370 g/mol. The first-order valence-electron chi connectivity index (χ1n) is 9.00. The minimum atomic E-state index is -3.61. The number of amides is 1. The van der Waals surface area contributed by atoms with Gasteiger partial charge in [-0.3, -0.25) is 9.69 Å². The van der Waals surface area contributed by atoms with E-state index in [-0.39, 0.29) is 12.3 Å². The van der Waals surface area contributed by atoms with Crippen LogP contribution in [0.4, 0.5) is 5.82 Å². The molecule has 150 valence electrons. The highest BCUT2D eigenvalue weighted by atomic mass is 32.2. The lowest BCUT2D eigenvalue weighted by molar-refractivity contribution is -0.117. The van der Waals surface area contributed by atoms with Crippen LogP contribution >= 0.6 is 0 Å². The number of methoxy groups -OCH3 is 1. The minimum Gasteiger partial charge on any atom is -0.383 e. The third kappa shape index (κ3) is 3.24. The Labute approximate surface area is 160 Å². The molecule has 27 heavy (non-hydrogen) atoms. The number of carbonyl (C=O) groups is 1. The van der Waals surface area contributed by atoms with E-state index in [1.54, 1.807) is 12.0 Å². The number of carbonyl (C=O) groups excluding carboxylic acids is 1. The molecule has 10 heteroatoms. The van der Waals surface area contributed by atoms with E-state index in [2.05, 4.69) is 9.97 Å². The molecule has 1 atom stereocenters. The van der Waals surface area contributed by atoms with Crippen LogP contribution in [0, 0.1) is 6.92 Å². The Morgan fingerprint density at radius 3 is 2.63 bits per heavy atom. The summed E-state index contributed by atoms with van der Waals surface area (Å²) in [6, 6.07) is 0. The topological polar surface area (TPSA) is 95.9 Å². The standard InChI is InChI=1S/C17H27N5O4S/c1-12-13-11-14(23)21(9-10-26-5)15(13)19-16(18-12)17(2)7-6-8-22(17)27(24,25)20(3)4/h6-11H2,1-5H3/t17-/m0/s1. The van der Waals surface area contributed by atoms with Crippen LogP contribution < -0.4 is 4.90 Å². The van der Waals surface area contributed by atoms with Crippen molar-refractivity contribution in [1.82, 2.24) is 18.6 Å². The molecule has 2 aliphatic heterocycles. The van der Waals surface area contributed by atoms with E-state index in [4.69, 9.17) is 4.74 Å². The lowest BCUT2D eigenvalue weighted by Gasteiger charge is -2.35. The predicted octanol–water partition coefficient (Wildman–Crippen LogP) is 0.438. The molecule has 1 amide bonds. The highest BCUT2D eigenvalue weighted by molar-refractivity contribution is 7.86. The fraction of sp³-hybridized carbons (Fsp3) is 0.706. The van der Waals surface area contributed by atoms with Crippen LogP contribution in [0.25, 0.3) is 0 Å². The van der Waals surface area contributed by atoms with Crippen LogP contribution in [0.15, 0.2) is 0 Å². The Morgan fingerprint density at radius 2 is 2.00 bits per heavy atom. The number of nitrogens with zero attached hydrogens (tertiary/aromatic N) is 5. The van der Waals surface area contributed by atoms with E-state index in [1.807, 2.05) is 13.8 Å². The molecule has 3 rings (SSSR count). The van der Waals surface area contributed by atoms with E-state index in [0.717, 1.165) is 17.7 Å². The van der Waals surface area contributed by atoms with Gasteiger partial charge in [-0.1, -0.05) is 0 Å². The van der Waals surface area contributed by atoms with Crippen molar-refractivity contribution in [3.8, 4) is 0 Å². The average molecular weight is 398 g/mol. The normalized spacial score (nSPS) is 23.5. The molecule has 2 aliphatic rings. The average Bonchev–Trinajstić information content (AvgIpc) is 3.14. The summed E-state index contributed by atoms with van der Waals surface area (Å²) in [4.78, 5) is 23.3. The number of aromatic nitrogens is 2. The molecule has 1 aromatic heterocycles. The van der Waals surface area contributed by atoms with Gasteiger partial charge >= 0.3 is 0 Å². The Hall–Kier alpha value is -1.62. The second kappa shape index (κ2) is 7.08. The first-order chi connectivity index (χ1) is 12.6. The smallest absolute Gasteiger partial charge is 0.282 e. The van der Waals surface area contributed by atoms with Gasteiger partial charge in [0.2, 0.25) is 5.91 Å². The fourth-order valence-electron chi connectivity index (χ4n) is 3.76. The number of aryl methyl sites for hydroxylation is 1. The van der Waals surface area contributed by atoms with E-state index in [1.165, 1.54) is 22.7 Å². The Kier molecular flexibility index (Phi) is 5.28. The molecule has 0 aliphatic carbocycles. The lowest BCUT2D eigenvalue weighted by Crippen LogP contribution is -2.48. The van der Waals surface area contributed by atoms with Gasteiger partial charge < -0.3 is 4.74 Å². The number of ether oxygens (including phenoxy) is 1. The molecule has 1 saturated heterocycles. The highest BCUT2D eigenvalue weighted by Gasteiger charge is 2.48. The van der Waals surface area contributed by atoms with E-state index in [0.29, 0.717) is 37.8 Å². The largest absolute Gasteiger partial charge is 0.383 e. The van der Waals surface area contributed by atoms with Gasteiger partial charge in [-0.15, -0.1) is 0 Å². The van der Waals surface area contributed by atoms with Crippen molar-refractivity contribution in [3.63, 3.8) is 0 Å². The quantitative estimate of drug-likeness (QED) is 0.691. The third-order valence-corrected chi connectivity index (χ3v) is 7.46. The van der Waals surface area contributed by atoms with Crippen molar-refractivity contribution in [2.45, 2.75) is 38.6 Å². The molecule has 0 spiro atoms. The van der Waals surface area contributed by atoms with Gasteiger partial charge in [-0.2, -0.15) is 17.0 Å². The maximum absolute atomic E-state index is 12.8. The van der Waals surface area contributed by atoms with Crippen molar-refractivity contribution < 1.29 is 17.9 Å². The number of hydrogen-bond acceptors (Lipinski definition) is 6. The summed E-state index contributed by atoms with van der Waals surface area (Å²) in [5, 5.41) is 0. The summed E-state index contributed by atoms with van der Waals surface area (Å²) in [6.45, 7) is 4.94. The summed E-state index contributed by atoms with van der Waals surface area (Å²) in [5.74, 6) is 0.986. The van der Waals surface area contributed by atoms with Gasteiger partial charge in [0, 0.05) is 39.0 Å². The molecule has 0 saturated carbocycles. The molecule has 3 heterocycles. The molecule has 0 N–H and O–H groups in total. The van der Waals surface area contributed by atoms with Gasteiger partial charge in [0.25, 0.3) is 10.2 Å². The monoisotopic (exact) mass is 397 g/mol. The predicted molar refractivity (Wildman–Crippen MR) is 101 cm³/mol. The van der Waals surface area contributed by atoms with Gasteiger partial charge in [0.1, 0.15) is 5.82 Å². The molecule has 0 radical (unpaired) electrons. The van der Waals surface area contributed by atoms with Gasteiger partial charge in [0.05, 0.1) is 25.1 Å². The van der Waals surface area contributed by atoms with E-state index in [9.17, 15) is 13.2 Å². The van der Waals surface area contributed by atoms with Crippen molar-refractivity contribution in [1.29, 1.82) is 0 Å². The van der Waals surface area contributed by atoms with Crippen LogP contribution in [-0.4, -0.2) is 73.8 Å². The molecule has 0 aromatic carbocycles. The number of anilines is 1. The summed E-state index contributed by atoms with van der Waals surface area (Å²) < 4.78 is 33.4. The van der Waals surface area contributed by atoms with Crippen LogP contribution in [0.5, 0.6) is 0 Å². The van der Waals surface area contributed by atoms with Crippen LogP contribution in [0.3, 0.4) is 0 Å². The zero-order valence-corrected chi connectivity index (χ0v) is 17.3.